The van der Waals surface area contributed by atoms with Crippen LogP contribution in [0.1, 0.15) is 16.7 Å². The molecule has 0 saturated heterocycles. The van der Waals surface area contributed by atoms with Crippen molar-refractivity contribution >= 4 is 55.9 Å². The molecule has 0 bridgehead atoms. The van der Waals surface area contributed by atoms with Gasteiger partial charge in [0.05, 0.1) is 22.4 Å². The first-order chi connectivity index (χ1) is 38.4. The van der Waals surface area contributed by atoms with Crippen LogP contribution in [0.25, 0.3) is 83.6 Å². The second-order valence-corrected chi connectivity index (χ2v) is 20.1. The molecule has 0 radical (unpaired) electrons. The number of fused-ring (bicyclic) bond motifs is 3. The van der Waals surface area contributed by atoms with E-state index in [1.807, 2.05) is 36.4 Å². The third kappa shape index (κ3) is 9.29. The lowest BCUT2D eigenvalue weighted by molar-refractivity contribution is 1.17. The third-order valence-corrected chi connectivity index (χ3v) is 14.9. The number of aromatic nitrogens is 3. The highest BCUT2D eigenvalue weighted by atomic mass is 15.1. The Bertz CT molecular complexity index is 4090. The summed E-state index contributed by atoms with van der Waals surface area (Å²) < 4.78 is 2.44. The Morgan fingerprint density at radius 1 is 0.295 bits per heavy atom. The molecule has 0 spiro atoms. The minimum Gasteiger partial charge on any atom is -0.310 e. The molecule has 0 atom stereocenters. The van der Waals surface area contributed by atoms with Crippen molar-refractivity contribution in [1.29, 1.82) is 0 Å². The fourth-order valence-corrected chi connectivity index (χ4v) is 10.8. The first-order valence-corrected chi connectivity index (χ1v) is 26.6. The molecule has 5 nitrogen and oxygen atoms in total. The molecule has 0 aliphatic heterocycles. The van der Waals surface area contributed by atoms with Crippen molar-refractivity contribution in [3.63, 3.8) is 0 Å². The molecule has 13 rings (SSSR count). The van der Waals surface area contributed by atoms with Crippen LogP contribution in [0, 0.1) is 20.8 Å². The maximum Gasteiger partial charge on any atom is 0.160 e. The lowest BCUT2D eigenvalue weighted by Crippen LogP contribution is -2.10. The van der Waals surface area contributed by atoms with Gasteiger partial charge in [0.15, 0.2) is 5.82 Å². The van der Waals surface area contributed by atoms with Crippen LogP contribution in [0.15, 0.2) is 279 Å². The second kappa shape index (κ2) is 20.6. The summed E-state index contributed by atoms with van der Waals surface area (Å²) in [6, 6.07) is 100. The Morgan fingerprint density at radius 2 is 0.679 bits per heavy atom. The van der Waals surface area contributed by atoms with Crippen LogP contribution in [0.2, 0.25) is 0 Å². The normalized spacial score (nSPS) is 11.3. The predicted molar refractivity (Wildman–Crippen MR) is 327 cm³/mol. The number of aryl methyl sites for hydroxylation is 3. The fourth-order valence-electron chi connectivity index (χ4n) is 10.8. The molecule has 0 N–H and O–H groups in total. The summed E-state index contributed by atoms with van der Waals surface area (Å²) >= 11 is 0. The lowest BCUT2D eigenvalue weighted by atomic mass is 9.96. The van der Waals surface area contributed by atoms with Crippen LogP contribution in [-0.2, 0) is 0 Å². The van der Waals surface area contributed by atoms with Crippen molar-refractivity contribution in [1.82, 2.24) is 14.5 Å². The van der Waals surface area contributed by atoms with Crippen LogP contribution in [-0.4, -0.2) is 14.5 Å². The quantitative estimate of drug-likeness (QED) is 0.122. The maximum absolute atomic E-state index is 5.06. The van der Waals surface area contributed by atoms with E-state index in [0.717, 1.165) is 90.1 Å². The van der Waals surface area contributed by atoms with Crippen molar-refractivity contribution in [3.8, 4) is 61.8 Å². The van der Waals surface area contributed by atoms with Crippen molar-refractivity contribution in [2.45, 2.75) is 20.8 Å². The van der Waals surface area contributed by atoms with Crippen LogP contribution < -0.4 is 9.80 Å². The number of rotatable bonds is 12. The third-order valence-electron chi connectivity index (χ3n) is 14.9. The van der Waals surface area contributed by atoms with Gasteiger partial charge in [-0.15, -0.1) is 0 Å². The molecule has 0 aliphatic rings. The monoisotopic (exact) mass is 1000 g/mol. The maximum atomic E-state index is 5.06. The molecule has 2 aromatic heterocycles. The average molecular weight is 1000 g/mol. The van der Waals surface area contributed by atoms with Gasteiger partial charge in [-0.3, -0.25) is 0 Å². The van der Waals surface area contributed by atoms with Crippen molar-refractivity contribution in [2.24, 2.45) is 0 Å². The smallest absolute Gasteiger partial charge is 0.160 e. The number of anilines is 6. The van der Waals surface area contributed by atoms with Gasteiger partial charge in [-0.05, 0) is 152 Å². The zero-order chi connectivity index (χ0) is 52.5. The molecule has 0 amide bonds. The Kier molecular flexibility index (Phi) is 12.5. The Hall–Kier alpha value is -10.1. The molecule has 0 unspecified atom stereocenters. The van der Waals surface area contributed by atoms with Gasteiger partial charge in [0.25, 0.3) is 0 Å². The molecular weight excluding hydrogens is 947 g/mol. The summed E-state index contributed by atoms with van der Waals surface area (Å²) in [6.07, 6.45) is 0. The summed E-state index contributed by atoms with van der Waals surface area (Å²) in [5, 5.41) is 2.34. The van der Waals surface area contributed by atoms with Crippen molar-refractivity contribution < 1.29 is 0 Å². The average Bonchev–Trinajstić information content (AvgIpc) is 4.03. The molecule has 0 saturated carbocycles. The van der Waals surface area contributed by atoms with E-state index < -0.39 is 0 Å². The largest absolute Gasteiger partial charge is 0.310 e. The van der Waals surface area contributed by atoms with E-state index in [4.69, 9.17) is 9.97 Å². The summed E-state index contributed by atoms with van der Waals surface area (Å²) in [5.74, 6) is 0.711. The lowest BCUT2D eigenvalue weighted by Gasteiger charge is -2.26. The molecule has 0 fully saturated rings. The first-order valence-electron chi connectivity index (χ1n) is 26.6. The molecule has 13 aromatic rings. The molecular formula is C73H55N5. The van der Waals surface area contributed by atoms with E-state index in [9.17, 15) is 0 Å². The topological polar surface area (TPSA) is 37.2 Å². The highest BCUT2D eigenvalue weighted by molar-refractivity contribution is 6.12. The number of nitrogens with zero attached hydrogens (tertiary/aromatic N) is 5. The number of hydrogen-bond donors (Lipinski definition) is 0. The van der Waals surface area contributed by atoms with E-state index in [-0.39, 0.29) is 0 Å². The summed E-state index contributed by atoms with van der Waals surface area (Å²) in [4.78, 5) is 14.8. The van der Waals surface area contributed by atoms with Gasteiger partial charge in [0, 0.05) is 67.3 Å². The van der Waals surface area contributed by atoms with Crippen molar-refractivity contribution in [3.05, 3.63) is 296 Å². The van der Waals surface area contributed by atoms with E-state index in [1.54, 1.807) is 0 Å². The SMILES string of the molecule is Cc1ccc(N(c2ccc(C)cc2)c2ccc3c(c2)c2cc(N(c4ccccc4)c4ccccc4)ccc2n3-c2ccc(-c3ccc(-c4ccc(-c5cc(-c6ccccc6)nc(-c6ccccc6)n5)cc4)cc3)c(C)c2)cc1. The van der Waals surface area contributed by atoms with Gasteiger partial charge in [0.1, 0.15) is 0 Å². The van der Waals surface area contributed by atoms with Crippen LogP contribution in [0.3, 0.4) is 0 Å². The predicted octanol–water partition coefficient (Wildman–Crippen LogP) is 19.8. The molecule has 11 aromatic carbocycles. The van der Waals surface area contributed by atoms with Crippen LogP contribution in [0.5, 0.6) is 0 Å². The Balaban J connectivity index is 0.864. The number of hydrogen-bond acceptors (Lipinski definition) is 4. The summed E-state index contributed by atoms with van der Waals surface area (Å²) in [6.45, 7) is 6.51. The Morgan fingerprint density at radius 3 is 1.14 bits per heavy atom. The van der Waals surface area contributed by atoms with E-state index in [1.165, 1.54) is 38.6 Å². The van der Waals surface area contributed by atoms with Gasteiger partial charge in [-0.1, -0.05) is 187 Å². The fraction of sp³-hybridized carbons (Fsp3) is 0.0411. The molecule has 0 aliphatic carbocycles. The van der Waals surface area contributed by atoms with E-state index in [2.05, 4.69) is 278 Å². The van der Waals surface area contributed by atoms with Gasteiger partial charge < -0.3 is 14.4 Å². The van der Waals surface area contributed by atoms with E-state index in [0.29, 0.717) is 5.82 Å². The van der Waals surface area contributed by atoms with Crippen LogP contribution >= 0.6 is 0 Å². The standard InChI is InChI=1S/C73H55N5/c1-50-24-36-61(37-25-50)77(62-38-26-51(2)27-39-62)65-42-45-72-68(48-65)67-47-64(76(59-20-12-6-13-21-59)60-22-14-7-15-23-60)41-44-71(67)78(72)63-40-43-66(52(3)46-63)55-32-28-53(29-33-55)54-30-34-57(35-31-54)70-49-69(56-16-8-4-9-17-56)74-73(75-70)58-18-10-5-11-19-58/h4-49H,1-3H3. The summed E-state index contributed by atoms with van der Waals surface area (Å²) in [5.41, 5.74) is 23.2. The van der Waals surface area contributed by atoms with E-state index >= 15 is 0 Å². The summed E-state index contributed by atoms with van der Waals surface area (Å²) in [7, 11) is 0. The number of para-hydroxylation sites is 2. The molecule has 372 valence electrons. The minimum atomic E-state index is 0.711. The van der Waals surface area contributed by atoms with Crippen molar-refractivity contribution in [2.75, 3.05) is 9.80 Å². The second-order valence-electron chi connectivity index (χ2n) is 20.1. The van der Waals surface area contributed by atoms with Crippen LogP contribution in [0.4, 0.5) is 34.1 Å². The van der Waals surface area contributed by atoms with Gasteiger partial charge in [0.2, 0.25) is 0 Å². The zero-order valence-corrected chi connectivity index (χ0v) is 43.8. The van der Waals surface area contributed by atoms with Gasteiger partial charge in [-0.2, -0.15) is 0 Å². The minimum absolute atomic E-state index is 0.711. The zero-order valence-electron chi connectivity index (χ0n) is 43.8. The highest BCUT2D eigenvalue weighted by Gasteiger charge is 2.21. The molecule has 78 heavy (non-hydrogen) atoms. The highest BCUT2D eigenvalue weighted by Crippen LogP contribution is 2.44. The van der Waals surface area contributed by atoms with Gasteiger partial charge in [-0.25, -0.2) is 9.97 Å². The molecule has 5 heteroatoms. The first kappa shape index (κ1) is 47.6. The Labute approximate surface area is 456 Å². The number of benzene rings is 11. The van der Waals surface area contributed by atoms with Gasteiger partial charge >= 0.3 is 0 Å². The molecule has 2 heterocycles.